The molecule has 1 aliphatic heterocycles. The summed E-state index contributed by atoms with van der Waals surface area (Å²) >= 11 is 6.18. The van der Waals surface area contributed by atoms with Gasteiger partial charge in [0.15, 0.2) is 0 Å². The van der Waals surface area contributed by atoms with Crippen molar-refractivity contribution in [1.29, 1.82) is 0 Å². The van der Waals surface area contributed by atoms with Gasteiger partial charge in [0.2, 0.25) is 11.8 Å². The Morgan fingerprint density at radius 2 is 1.96 bits per heavy atom. The minimum atomic E-state index is -0.406. The number of rotatable bonds is 3. The number of fused-ring (bicyclic) bond motifs is 1. The number of benzene rings is 2. The number of carbonyl (C=O) groups excluding carboxylic acids is 2. The Labute approximate surface area is 161 Å². The number of halogens is 2. The molecule has 1 unspecified atom stereocenters. The molecule has 2 aromatic carbocycles. The Kier molecular flexibility index (Phi) is 5.56. The van der Waals surface area contributed by atoms with Gasteiger partial charge in [0, 0.05) is 36.5 Å². The van der Waals surface area contributed by atoms with E-state index in [9.17, 15) is 14.0 Å². The summed E-state index contributed by atoms with van der Waals surface area (Å²) in [6.07, 6.45) is 0. The molecule has 0 fully saturated rings. The Balaban J connectivity index is 2.17. The largest absolute Gasteiger partial charge is 0.354 e. The van der Waals surface area contributed by atoms with Gasteiger partial charge in [-0.1, -0.05) is 23.7 Å². The topological polar surface area (TPSA) is 61.8 Å². The highest BCUT2D eigenvalue weighted by Gasteiger charge is 2.30. The van der Waals surface area contributed by atoms with Crippen molar-refractivity contribution in [3.63, 3.8) is 0 Å². The molecule has 140 valence electrons. The first-order chi connectivity index (χ1) is 12.9. The molecule has 7 heteroatoms. The van der Waals surface area contributed by atoms with E-state index in [0.717, 1.165) is 0 Å². The van der Waals surface area contributed by atoms with Crippen LogP contribution in [0.15, 0.2) is 47.5 Å². The van der Waals surface area contributed by atoms with Crippen LogP contribution in [0.5, 0.6) is 0 Å². The van der Waals surface area contributed by atoms with Crippen molar-refractivity contribution in [3.05, 3.63) is 64.4 Å². The molecule has 0 aliphatic carbocycles. The van der Waals surface area contributed by atoms with Crippen LogP contribution in [0.4, 0.5) is 10.1 Å². The van der Waals surface area contributed by atoms with Crippen LogP contribution < -0.4 is 10.2 Å². The Bertz CT molecular complexity index is 929. The SMILES string of the molecule is CC(=O)NCC1CN=C(c2ccccc2F)c2cc(Cl)ccc2N1C(C)=O. The fourth-order valence-corrected chi connectivity index (χ4v) is 3.37. The average Bonchev–Trinajstić information content (AvgIpc) is 2.77. The summed E-state index contributed by atoms with van der Waals surface area (Å²) in [5, 5.41) is 3.19. The quantitative estimate of drug-likeness (QED) is 0.879. The van der Waals surface area contributed by atoms with Crippen LogP contribution in [0.25, 0.3) is 0 Å². The molecule has 1 heterocycles. The van der Waals surface area contributed by atoms with Crippen molar-refractivity contribution in [1.82, 2.24) is 5.32 Å². The maximum atomic E-state index is 14.5. The Morgan fingerprint density at radius 1 is 1.22 bits per heavy atom. The maximum absolute atomic E-state index is 14.5. The molecule has 1 atom stereocenters. The summed E-state index contributed by atoms with van der Waals surface area (Å²) in [5.74, 6) is -0.798. The second-order valence-electron chi connectivity index (χ2n) is 6.31. The smallest absolute Gasteiger partial charge is 0.224 e. The van der Waals surface area contributed by atoms with Crippen LogP contribution in [0.1, 0.15) is 25.0 Å². The number of benzodiazepines with no additional fused rings is 1. The zero-order valence-electron chi connectivity index (χ0n) is 15.0. The predicted molar refractivity (Wildman–Crippen MR) is 104 cm³/mol. The normalized spacial score (nSPS) is 16.2. The van der Waals surface area contributed by atoms with E-state index in [1.807, 2.05) is 0 Å². The number of amides is 2. The maximum Gasteiger partial charge on any atom is 0.224 e. The monoisotopic (exact) mass is 387 g/mol. The molecule has 2 aromatic rings. The second-order valence-corrected chi connectivity index (χ2v) is 6.75. The van der Waals surface area contributed by atoms with Crippen molar-refractivity contribution in [2.24, 2.45) is 4.99 Å². The van der Waals surface area contributed by atoms with Gasteiger partial charge in [-0.25, -0.2) is 4.39 Å². The lowest BCUT2D eigenvalue weighted by Crippen LogP contribution is -2.47. The number of hydrogen-bond donors (Lipinski definition) is 1. The van der Waals surface area contributed by atoms with E-state index in [4.69, 9.17) is 11.6 Å². The summed E-state index contributed by atoms with van der Waals surface area (Å²) in [6.45, 7) is 3.32. The van der Waals surface area contributed by atoms with Crippen LogP contribution in [0.2, 0.25) is 5.02 Å². The molecule has 1 aliphatic rings. The fourth-order valence-electron chi connectivity index (χ4n) is 3.20. The molecule has 2 amide bonds. The van der Waals surface area contributed by atoms with Crippen molar-refractivity contribution in [3.8, 4) is 0 Å². The highest BCUT2D eigenvalue weighted by atomic mass is 35.5. The summed E-state index contributed by atoms with van der Waals surface area (Å²) in [5.41, 5.74) is 1.93. The molecule has 5 nitrogen and oxygen atoms in total. The van der Waals surface area contributed by atoms with Gasteiger partial charge in [-0.2, -0.15) is 0 Å². The third kappa shape index (κ3) is 4.01. The molecule has 0 bridgehead atoms. The van der Waals surface area contributed by atoms with Crippen LogP contribution in [0, 0.1) is 5.82 Å². The van der Waals surface area contributed by atoms with Gasteiger partial charge >= 0.3 is 0 Å². The number of nitrogens with one attached hydrogen (secondary N) is 1. The molecule has 3 rings (SSSR count). The molecule has 27 heavy (non-hydrogen) atoms. The highest BCUT2D eigenvalue weighted by Crippen LogP contribution is 2.31. The van der Waals surface area contributed by atoms with E-state index in [1.54, 1.807) is 41.3 Å². The highest BCUT2D eigenvalue weighted by molar-refractivity contribution is 6.31. The molecule has 1 N–H and O–H groups in total. The first kappa shape index (κ1) is 19.0. The summed E-state index contributed by atoms with van der Waals surface area (Å²) in [6, 6.07) is 11.0. The third-order valence-electron chi connectivity index (χ3n) is 4.35. The molecule has 0 saturated heterocycles. The lowest BCUT2D eigenvalue weighted by Gasteiger charge is -2.30. The van der Waals surface area contributed by atoms with Gasteiger partial charge in [0.1, 0.15) is 5.82 Å². The lowest BCUT2D eigenvalue weighted by molar-refractivity contribution is -0.120. The van der Waals surface area contributed by atoms with Crippen molar-refractivity contribution < 1.29 is 14.0 Å². The van der Waals surface area contributed by atoms with E-state index >= 15 is 0 Å². The molecule has 0 saturated carbocycles. The molecule has 0 radical (unpaired) electrons. The fraction of sp³-hybridized carbons (Fsp3) is 0.250. The van der Waals surface area contributed by atoms with Crippen LogP contribution in [-0.2, 0) is 9.59 Å². The van der Waals surface area contributed by atoms with Gasteiger partial charge in [-0.15, -0.1) is 0 Å². The molecule has 0 spiro atoms. The van der Waals surface area contributed by atoms with E-state index in [0.29, 0.717) is 27.5 Å². The first-order valence-electron chi connectivity index (χ1n) is 8.52. The van der Waals surface area contributed by atoms with E-state index in [1.165, 1.54) is 19.9 Å². The summed E-state index contributed by atoms with van der Waals surface area (Å²) in [4.78, 5) is 30.0. The van der Waals surface area contributed by atoms with Crippen molar-refractivity contribution in [2.45, 2.75) is 19.9 Å². The number of nitrogens with zero attached hydrogens (tertiary/aromatic N) is 2. The van der Waals surface area contributed by atoms with E-state index < -0.39 is 11.9 Å². The van der Waals surface area contributed by atoms with Gasteiger partial charge < -0.3 is 10.2 Å². The first-order valence-corrected chi connectivity index (χ1v) is 8.89. The lowest BCUT2D eigenvalue weighted by atomic mass is 9.99. The summed E-state index contributed by atoms with van der Waals surface area (Å²) in [7, 11) is 0. The Hall–Kier alpha value is -2.73. The molecular weight excluding hydrogens is 369 g/mol. The second kappa shape index (κ2) is 7.88. The average molecular weight is 388 g/mol. The Morgan fingerprint density at radius 3 is 2.63 bits per heavy atom. The zero-order valence-corrected chi connectivity index (χ0v) is 15.8. The standard InChI is InChI=1S/C20H19ClFN3O2/c1-12(26)23-10-15-11-24-20(16-5-3-4-6-18(16)22)17-9-14(21)7-8-19(17)25(15)13(2)27/h3-9,15H,10-11H2,1-2H3,(H,23,26). The number of hydrogen-bond acceptors (Lipinski definition) is 3. The van der Waals surface area contributed by atoms with Crippen LogP contribution in [0.3, 0.4) is 0 Å². The molecular formula is C20H19ClFN3O2. The minimum absolute atomic E-state index is 0.195. The molecule has 0 aromatic heterocycles. The van der Waals surface area contributed by atoms with Crippen LogP contribution >= 0.6 is 11.6 Å². The van der Waals surface area contributed by atoms with Crippen LogP contribution in [-0.4, -0.2) is 36.7 Å². The van der Waals surface area contributed by atoms with Gasteiger partial charge in [-0.05, 0) is 30.3 Å². The zero-order chi connectivity index (χ0) is 19.6. The predicted octanol–water partition coefficient (Wildman–Crippen LogP) is 3.19. The van der Waals surface area contributed by atoms with Crippen molar-refractivity contribution >= 4 is 34.8 Å². The van der Waals surface area contributed by atoms with Gasteiger partial charge in [0.25, 0.3) is 0 Å². The number of carbonyl (C=O) groups is 2. The van der Waals surface area contributed by atoms with E-state index in [2.05, 4.69) is 10.3 Å². The number of anilines is 1. The van der Waals surface area contributed by atoms with Gasteiger partial charge in [0.05, 0.1) is 24.0 Å². The minimum Gasteiger partial charge on any atom is -0.354 e. The third-order valence-corrected chi connectivity index (χ3v) is 4.59. The van der Waals surface area contributed by atoms with E-state index in [-0.39, 0.29) is 24.9 Å². The number of aliphatic imine (C=N–C) groups is 1. The van der Waals surface area contributed by atoms with Crippen molar-refractivity contribution in [2.75, 3.05) is 18.0 Å². The van der Waals surface area contributed by atoms with Gasteiger partial charge in [-0.3, -0.25) is 14.6 Å². The summed E-state index contributed by atoms with van der Waals surface area (Å²) < 4.78 is 14.5.